The predicted octanol–water partition coefficient (Wildman–Crippen LogP) is 1.34. The summed E-state index contributed by atoms with van der Waals surface area (Å²) in [6.45, 7) is 1.81. The van der Waals surface area contributed by atoms with Crippen molar-refractivity contribution in [3.63, 3.8) is 0 Å². The number of thiol groups is 1. The van der Waals surface area contributed by atoms with Gasteiger partial charge in [0.05, 0.1) is 0 Å². The highest BCUT2D eigenvalue weighted by Crippen LogP contribution is 2.14. The van der Waals surface area contributed by atoms with Gasteiger partial charge in [-0.25, -0.2) is 4.18 Å². The van der Waals surface area contributed by atoms with Crippen molar-refractivity contribution in [1.29, 1.82) is 0 Å². The monoisotopic (exact) mass is 293 g/mol. The van der Waals surface area contributed by atoms with Gasteiger partial charge >= 0.3 is 0 Å². The van der Waals surface area contributed by atoms with Crippen molar-refractivity contribution in [3.8, 4) is 0 Å². The lowest BCUT2D eigenvalue weighted by atomic mass is 10.2. The zero-order valence-electron chi connectivity index (χ0n) is 8.82. The van der Waals surface area contributed by atoms with Gasteiger partial charge in [-0.15, -0.1) is 12.6 Å². The molecule has 0 aliphatic rings. The van der Waals surface area contributed by atoms with E-state index in [4.69, 9.17) is 4.55 Å². The van der Waals surface area contributed by atoms with Gasteiger partial charge in [0, 0.05) is 16.9 Å². The minimum Gasteiger partial charge on any atom is -0.323 e. The van der Waals surface area contributed by atoms with Crippen molar-refractivity contribution in [2.75, 3.05) is 5.32 Å². The maximum absolute atomic E-state index is 11.5. The topological polar surface area (TPSA) is 75.6 Å². The van der Waals surface area contributed by atoms with Gasteiger partial charge in [-0.2, -0.15) is 4.21 Å². The van der Waals surface area contributed by atoms with Crippen LogP contribution in [-0.2, 0) is 29.2 Å². The lowest BCUT2D eigenvalue weighted by Crippen LogP contribution is -2.28. The zero-order valence-corrected chi connectivity index (χ0v) is 11.3. The Labute approximate surface area is 110 Å². The van der Waals surface area contributed by atoms with E-state index in [9.17, 15) is 9.00 Å². The molecule has 0 radical (unpaired) electrons. The van der Waals surface area contributed by atoms with Crippen LogP contribution in [0, 0.1) is 6.92 Å². The molecule has 17 heavy (non-hydrogen) atoms. The van der Waals surface area contributed by atoms with E-state index in [0.717, 1.165) is 5.56 Å². The quantitative estimate of drug-likeness (QED) is 0.577. The first kappa shape index (κ1) is 14.4. The van der Waals surface area contributed by atoms with E-state index < -0.39 is 20.4 Å². The summed E-state index contributed by atoms with van der Waals surface area (Å²) in [5.41, 5.74) is 0.0306. The van der Waals surface area contributed by atoms with Crippen LogP contribution in [0.3, 0.4) is 0 Å². The fraction of sp³-hybridized carbons (Fsp3) is 0.222. The molecule has 1 rings (SSSR count). The van der Waals surface area contributed by atoms with Crippen LogP contribution in [0.2, 0.25) is 0 Å². The summed E-state index contributed by atoms with van der Waals surface area (Å²) >= 11 is 7.85. The number of amides is 1. The van der Waals surface area contributed by atoms with Crippen LogP contribution in [-0.4, -0.2) is 20.1 Å². The molecule has 8 heteroatoms. The van der Waals surface area contributed by atoms with Crippen LogP contribution in [0.15, 0.2) is 24.3 Å². The second-order valence-electron chi connectivity index (χ2n) is 3.18. The minimum atomic E-state index is -3.87. The lowest BCUT2D eigenvalue weighted by molar-refractivity contribution is -0.119. The molecule has 5 nitrogen and oxygen atoms in total. The Kier molecular flexibility index (Phi) is 4.90. The third kappa shape index (κ3) is 5.00. The predicted molar refractivity (Wildman–Crippen MR) is 71.8 cm³/mol. The number of hydrogen-bond donors (Lipinski definition) is 3. The third-order valence-corrected chi connectivity index (χ3v) is 2.99. The molecule has 0 aromatic heterocycles. The molecular formula is C9H11NO4S3. The van der Waals surface area contributed by atoms with E-state index in [1.54, 1.807) is 12.1 Å². The summed E-state index contributed by atoms with van der Waals surface area (Å²) in [6, 6.07) is 7.08. The molecule has 0 aliphatic carbocycles. The molecule has 2 unspecified atom stereocenters. The van der Waals surface area contributed by atoms with E-state index in [2.05, 4.69) is 33.3 Å². The molecule has 1 amide bonds. The highest BCUT2D eigenvalue weighted by molar-refractivity contribution is 8.27. The summed E-state index contributed by atoms with van der Waals surface area (Å²) in [5, 5.41) is 2.51. The molecule has 0 aliphatic heterocycles. The lowest BCUT2D eigenvalue weighted by Gasteiger charge is -2.12. The number of nitrogens with one attached hydrogen (secondary N) is 1. The molecule has 1 aromatic rings. The highest BCUT2D eigenvalue weighted by atomic mass is 32.9. The molecule has 0 fully saturated rings. The minimum absolute atomic E-state index is 0.578. The largest absolute Gasteiger partial charge is 0.323 e. The molecule has 1 aromatic carbocycles. The summed E-state index contributed by atoms with van der Waals surface area (Å²) in [6.07, 6.45) is 0. The van der Waals surface area contributed by atoms with Crippen molar-refractivity contribution < 1.29 is 17.7 Å². The van der Waals surface area contributed by atoms with Gasteiger partial charge in [0.25, 0.3) is 15.0 Å². The Balaban J connectivity index is 2.70. The normalized spacial score (nSPS) is 15.9. The first-order chi connectivity index (χ1) is 7.79. The maximum Gasteiger partial charge on any atom is 0.268 e. The van der Waals surface area contributed by atoms with E-state index in [-0.39, 0.29) is 0 Å². The molecule has 0 bridgehead atoms. The van der Waals surface area contributed by atoms with Gasteiger partial charge in [0.2, 0.25) is 0 Å². The van der Waals surface area contributed by atoms with E-state index >= 15 is 0 Å². The van der Waals surface area contributed by atoms with Gasteiger partial charge in [0.1, 0.15) is 0 Å². The number of hydrogen-bond acceptors (Lipinski definition) is 5. The van der Waals surface area contributed by atoms with Crippen molar-refractivity contribution >= 4 is 44.5 Å². The molecule has 0 saturated carbocycles. The van der Waals surface area contributed by atoms with Crippen molar-refractivity contribution in [3.05, 3.63) is 29.8 Å². The van der Waals surface area contributed by atoms with Crippen molar-refractivity contribution in [2.24, 2.45) is 0 Å². The van der Waals surface area contributed by atoms with Crippen molar-refractivity contribution in [1.82, 2.24) is 0 Å². The molecule has 2 atom stereocenters. The highest BCUT2D eigenvalue weighted by Gasteiger charge is 2.19. The van der Waals surface area contributed by atoms with Gasteiger partial charge in [-0.3, -0.25) is 9.35 Å². The average Bonchev–Trinajstić information content (AvgIpc) is 2.18. The van der Waals surface area contributed by atoms with Crippen LogP contribution in [0.25, 0.3) is 0 Å². The summed E-state index contributed by atoms with van der Waals surface area (Å²) < 4.78 is 23.9. The Morgan fingerprint density at radius 2 is 2.18 bits per heavy atom. The molecule has 94 valence electrons. The average molecular weight is 293 g/mol. The van der Waals surface area contributed by atoms with Gasteiger partial charge in [-0.1, -0.05) is 18.2 Å². The molecule has 0 heterocycles. The summed E-state index contributed by atoms with van der Waals surface area (Å²) in [7, 11) is -3.87. The van der Waals surface area contributed by atoms with Crippen LogP contribution in [0.4, 0.5) is 5.69 Å². The second-order valence-corrected chi connectivity index (χ2v) is 5.96. The van der Waals surface area contributed by atoms with Gasteiger partial charge < -0.3 is 5.32 Å². The van der Waals surface area contributed by atoms with Crippen LogP contribution in [0.5, 0.6) is 0 Å². The Bertz CT molecular complexity index is 515. The van der Waals surface area contributed by atoms with Crippen LogP contribution < -0.4 is 5.32 Å². The molecule has 0 spiro atoms. The molecule has 0 saturated heterocycles. The number of aryl methyl sites for hydroxylation is 1. The van der Waals surface area contributed by atoms with E-state index in [1.165, 1.54) is 0 Å². The number of benzene rings is 1. The standard InChI is InChI=1S/C9H11NO4S3/c1-6-4-2-3-5-7(6)10-8(11)9(15)14-17(12,13)16/h2-5,9,15H,1H3,(H,10,11)(H,12,13,16). The number of anilines is 1. The van der Waals surface area contributed by atoms with Crippen molar-refractivity contribution in [2.45, 2.75) is 12.4 Å². The number of rotatable bonds is 4. The molecule has 2 N–H and O–H groups in total. The SMILES string of the molecule is Cc1ccccc1NC(=O)C(S)OS(=O)(O)=S. The number of carbonyl (C=O) groups excluding carboxylic acids is 1. The first-order valence-corrected chi connectivity index (χ1v) is 7.38. The Hall–Kier alpha value is -0.670. The van der Waals surface area contributed by atoms with Crippen LogP contribution >= 0.6 is 12.6 Å². The first-order valence-electron chi connectivity index (χ1n) is 4.50. The van der Waals surface area contributed by atoms with E-state index in [0.29, 0.717) is 5.69 Å². The zero-order chi connectivity index (χ0) is 13.1. The maximum atomic E-state index is 11.5. The van der Waals surface area contributed by atoms with Crippen LogP contribution in [0.1, 0.15) is 5.56 Å². The summed E-state index contributed by atoms with van der Waals surface area (Å²) in [5.74, 6) is -0.658. The summed E-state index contributed by atoms with van der Waals surface area (Å²) in [4.78, 5) is 11.5. The van der Waals surface area contributed by atoms with Gasteiger partial charge in [-0.05, 0) is 18.6 Å². The number of para-hydroxylation sites is 1. The third-order valence-electron chi connectivity index (χ3n) is 1.84. The number of carbonyl (C=O) groups is 1. The Morgan fingerprint density at radius 3 is 2.71 bits per heavy atom. The Morgan fingerprint density at radius 1 is 1.59 bits per heavy atom. The fourth-order valence-electron chi connectivity index (χ4n) is 1.07. The fourth-order valence-corrected chi connectivity index (χ4v) is 2.21. The molecular weight excluding hydrogens is 282 g/mol. The smallest absolute Gasteiger partial charge is 0.268 e. The van der Waals surface area contributed by atoms with E-state index in [1.807, 2.05) is 19.1 Å². The van der Waals surface area contributed by atoms with Gasteiger partial charge in [0.15, 0.2) is 5.44 Å². The second kappa shape index (κ2) is 5.78.